The molecule has 170 valence electrons. The molecular weight excluding hydrogens is 408 g/mol. The third kappa shape index (κ3) is 5.85. The van der Waals surface area contributed by atoms with E-state index in [1.807, 2.05) is 24.3 Å². The van der Waals surface area contributed by atoms with E-state index in [0.717, 1.165) is 48.8 Å². The van der Waals surface area contributed by atoms with Crippen molar-refractivity contribution in [2.24, 2.45) is 5.92 Å². The molecule has 1 aromatic carbocycles. The van der Waals surface area contributed by atoms with Gasteiger partial charge in [0, 0.05) is 18.2 Å². The largest absolute Gasteiger partial charge is 0.481 e. The third-order valence-electron chi connectivity index (χ3n) is 6.20. The number of nitrogens with one attached hydrogen (secondary N) is 1. The predicted octanol–water partition coefficient (Wildman–Crippen LogP) is 3.59. The van der Waals surface area contributed by atoms with Crippen LogP contribution in [-0.4, -0.2) is 45.8 Å². The summed E-state index contributed by atoms with van der Waals surface area (Å²) in [6.45, 7) is 0.608. The number of benzene rings is 1. The molecule has 2 aliphatic carbocycles. The van der Waals surface area contributed by atoms with E-state index in [4.69, 9.17) is 9.84 Å². The first-order chi connectivity index (χ1) is 15.5. The monoisotopic (exact) mass is 438 g/mol. The summed E-state index contributed by atoms with van der Waals surface area (Å²) in [4.78, 5) is 28.1. The molecule has 2 aromatic rings. The van der Waals surface area contributed by atoms with Crippen LogP contribution in [0.25, 0.3) is 11.1 Å². The number of aliphatic hydroxyl groups excluding tert-OH is 1. The van der Waals surface area contributed by atoms with Crippen molar-refractivity contribution in [2.75, 3.05) is 6.61 Å². The zero-order chi connectivity index (χ0) is 22.5. The highest BCUT2D eigenvalue weighted by atomic mass is 16.5. The minimum absolute atomic E-state index is 0.0827. The van der Waals surface area contributed by atoms with E-state index in [2.05, 4.69) is 10.3 Å². The van der Waals surface area contributed by atoms with Crippen molar-refractivity contribution in [1.82, 2.24) is 10.3 Å². The maximum absolute atomic E-state index is 12.9. The van der Waals surface area contributed by atoms with Crippen LogP contribution in [0.4, 0.5) is 0 Å². The van der Waals surface area contributed by atoms with Gasteiger partial charge in [0.25, 0.3) is 5.91 Å². The Hall–Kier alpha value is -2.93. The lowest BCUT2D eigenvalue weighted by atomic mass is 9.92. The van der Waals surface area contributed by atoms with Crippen molar-refractivity contribution >= 4 is 11.9 Å². The van der Waals surface area contributed by atoms with Gasteiger partial charge < -0.3 is 20.3 Å². The average molecular weight is 439 g/mol. The quantitative estimate of drug-likeness (QED) is 0.552. The second-order valence-electron chi connectivity index (χ2n) is 8.85. The molecule has 7 nitrogen and oxygen atoms in total. The molecule has 0 saturated heterocycles. The lowest BCUT2D eigenvalue weighted by molar-refractivity contribution is -0.136. The smallest absolute Gasteiger partial charge is 0.303 e. The number of aromatic nitrogens is 1. The predicted molar refractivity (Wildman–Crippen MR) is 120 cm³/mol. The van der Waals surface area contributed by atoms with E-state index in [-0.39, 0.29) is 18.4 Å². The number of aliphatic hydroxyl groups is 1. The normalized spacial score (nSPS) is 20.5. The number of rotatable bonds is 9. The third-order valence-corrected chi connectivity index (χ3v) is 6.20. The number of amides is 1. The van der Waals surface area contributed by atoms with Crippen LogP contribution in [0, 0.1) is 5.92 Å². The summed E-state index contributed by atoms with van der Waals surface area (Å²) in [7, 11) is 0. The summed E-state index contributed by atoms with van der Waals surface area (Å²) in [5.41, 5.74) is 2.94. The maximum Gasteiger partial charge on any atom is 0.303 e. The number of nitrogens with zero attached hydrogens (tertiary/aromatic N) is 1. The first-order valence-electron chi connectivity index (χ1n) is 11.4. The summed E-state index contributed by atoms with van der Waals surface area (Å²) in [5, 5.41) is 22.0. The topological polar surface area (TPSA) is 109 Å². The van der Waals surface area contributed by atoms with Gasteiger partial charge >= 0.3 is 5.97 Å². The zero-order valence-corrected chi connectivity index (χ0v) is 18.1. The molecule has 32 heavy (non-hydrogen) atoms. The summed E-state index contributed by atoms with van der Waals surface area (Å²) in [6.07, 6.45) is 7.34. The van der Waals surface area contributed by atoms with Gasteiger partial charge in [0.2, 0.25) is 5.88 Å². The van der Waals surface area contributed by atoms with Crippen LogP contribution in [0.3, 0.4) is 0 Å². The molecule has 4 rings (SSSR count). The fourth-order valence-corrected chi connectivity index (χ4v) is 4.01. The van der Waals surface area contributed by atoms with E-state index < -0.39 is 12.1 Å². The van der Waals surface area contributed by atoms with Crippen LogP contribution in [0.2, 0.25) is 0 Å². The Labute approximate surface area is 187 Å². The van der Waals surface area contributed by atoms with Crippen LogP contribution in [-0.2, 0) is 11.2 Å². The van der Waals surface area contributed by atoms with E-state index in [9.17, 15) is 14.7 Å². The number of carboxylic acids is 1. The Balaban J connectivity index is 1.54. The summed E-state index contributed by atoms with van der Waals surface area (Å²) >= 11 is 0. The van der Waals surface area contributed by atoms with Crippen LogP contribution in [0.5, 0.6) is 5.88 Å². The molecular formula is C25H30N2O5. The van der Waals surface area contributed by atoms with Crippen molar-refractivity contribution in [2.45, 2.75) is 63.5 Å². The van der Waals surface area contributed by atoms with Crippen molar-refractivity contribution < 1.29 is 24.5 Å². The molecule has 2 atom stereocenters. The first-order valence-corrected chi connectivity index (χ1v) is 11.4. The Bertz CT molecular complexity index is 955. The minimum Gasteiger partial charge on any atom is -0.481 e. The number of hydrogen-bond acceptors (Lipinski definition) is 5. The lowest BCUT2D eigenvalue weighted by Gasteiger charge is -2.28. The van der Waals surface area contributed by atoms with E-state index in [0.29, 0.717) is 36.8 Å². The number of hydrogen-bond donors (Lipinski definition) is 3. The van der Waals surface area contributed by atoms with E-state index in [1.54, 1.807) is 6.07 Å². The van der Waals surface area contributed by atoms with Gasteiger partial charge in [-0.05, 0) is 55.2 Å². The molecule has 1 unspecified atom stereocenters. The van der Waals surface area contributed by atoms with Gasteiger partial charge in [-0.15, -0.1) is 0 Å². The molecule has 1 heterocycles. The fraction of sp³-hybridized carbons (Fsp3) is 0.480. The molecule has 1 amide bonds. The fourth-order valence-electron chi connectivity index (χ4n) is 4.01. The SMILES string of the molecule is O=C(O)CCc1ccc(-c2cc(C(=O)NC3CCCC[C@H]3O)cnc2OCC2CC2)cc1. The van der Waals surface area contributed by atoms with Crippen molar-refractivity contribution in [3.05, 3.63) is 47.7 Å². The minimum atomic E-state index is -0.823. The Morgan fingerprint density at radius 1 is 1.09 bits per heavy atom. The number of pyridine rings is 1. The first kappa shape index (κ1) is 22.3. The Morgan fingerprint density at radius 3 is 2.53 bits per heavy atom. The second kappa shape index (κ2) is 10.1. The van der Waals surface area contributed by atoms with Crippen LogP contribution >= 0.6 is 0 Å². The lowest BCUT2D eigenvalue weighted by Crippen LogP contribution is -2.45. The van der Waals surface area contributed by atoms with Gasteiger partial charge in [-0.1, -0.05) is 37.1 Å². The number of carboxylic acid groups (broad SMARTS) is 1. The number of aliphatic carboxylic acids is 1. The number of aryl methyl sites for hydroxylation is 1. The zero-order valence-electron chi connectivity index (χ0n) is 18.1. The number of ether oxygens (including phenoxy) is 1. The highest BCUT2D eigenvalue weighted by molar-refractivity contribution is 5.95. The Kier molecular flexibility index (Phi) is 7.05. The second-order valence-corrected chi connectivity index (χ2v) is 8.85. The van der Waals surface area contributed by atoms with Crippen LogP contribution < -0.4 is 10.1 Å². The van der Waals surface area contributed by atoms with Gasteiger partial charge in [-0.3, -0.25) is 9.59 Å². The molecule has 0 radical (unpaired) electrons. The number of carbonyl (C=O) groups excluding carboxylic acids is 1. The van der Waals surface area contributed by atoms with Crippen molar-refractivity contribution in [1.29, 1.82) is 0 Å². The van der Waals surface area contributed by atoms with Gasteiger partial charge in [0.1, 0.15) is 0 Å². The molecule has 2 aliphatic rings. The molecule has 3 N–H and O–H groups in total. The van der Waals surface area contributed by atoms with Gasteiger partial charge in [0.15, 0.2) is 0 Å². The average Bonchev–Trinajstić information content (AvgIpc) is 3.63. The molecule has 2 saturated carbocycles. The molecule has 0 aliphatic heterocycles. The molecule has 0 spiro atoms. The van der Waals surface area contributed by atoms with Gasteiger partial charge in [0.05, 0.1) is 24.3 Å². The molecule has 2 fully saturated rings. The van der Waals surface area contributed by atoms with Crippen molar-refractivity contribution in [3.63, 3.8) is 0 Å². The van der Waals surface area contributed by atoms with Crippen LogP contribution in [0.1, 0.15) is 60.9 Å². The van der Waals surface area contributed by atoms with Gasteiger partial charge in [-0.25, -0.2) is 4.98 Å². The van der Waals surface area contributed by atoms with Crippen molar-refractivity contribution in [3.8, 4) is 17.0 Å². The van der Waals surface area contributed by atoms with Crippen LogP contribution in [0.15, 0.2) is 36.5 Å². The van der Waals surface area contributed by atoms with E-state index >= 15 is 0 Å². The molecule has 0 bridgehead atoms. The standard InChI is InChI=1S/C25H30N2O5/c28-22-4-2-1-3-21(22)27-24(31)19-13-20(25(26-14-19)32-15-17-5-6-17)18-10-7-16(8-11-18)9-12-23(29)30/h7-8,10-11,13-14,17,21-22,28H,1-6,9,12,15H2,(H,27,31)(H,29,30)/t21?,22-/m1/s1. The van der Waals surface area contributed by atoms with E-state index in [1.165, 1.54) is 6.20 Å². The summed E-state index contributed by atoms with van der Waals surface area (Å²) in [6, 6.07) is 9.16. The summed E-state index contributed by atoms with van der Waals surface area (Å²) in [5.74, 6) is -0.0180. The molecule has 1 aromatic heterocycles. The number of carbonyl (C=O) groups is 2. The van der Waals surface area contributed by atoms with Gasteiger partial charge in [-0.2, -0.15) is 0 Å². The summed E-state index contributed by atoms with van der Waals surface area (Å²) < 4.78 is 5.97. The maximum atomic E-state index is 12.9. The molecule has 7 heteroatoms. The Morgan fingerprint density at radius 2 is 1.84 bits per heavy atom. The highest BCUT2D eigenvalue weighted by Gasteiger charge is 2.26. The highest BCUT2D eigenvalue weighted by Crippen LogP contribution is 2.33.